The summed E-state index contributed by atoms with van der Waals surface area (Å²) in [7, 11) is 0. The fourth-order valence-electron chi connectivity index (χ4n) is 4.30. The Balaban J connectivity index is 1.56. The molecule has 2 nitrogen and oxygen atoms in total. The van der Waals surface area contributed by atoms with E-state index < -0.39 is 34.9 Å². The van der Waals surface area contributed by atoms with Crippen molar-refractivity contribution in [2.75, 3.05) is 0 Å². The van der Waals surface area contributed by atoms with Crippen molar-refractivity contribution in [2.24, 2.45) is 10.2 Å². The second kappa shape index (κ2) is 12.1. The lowest BCUT2D eigenvalue weighted by Gasteiger charge is -2.13. The third-order valence-electron chi connectivity index (χ3n) is 6.64. The monoisotopic (exact) mass is 554 g/mol. The van der Waals surface area contributed by atoms with Gasteiger partial charge in [0.15, 0.2) is 0 Å². The van der Waals surface area contributed by atoms with Crippen molar-refractivity contribution in [3.8, 4) is 0 Å². The third kappa shape index (κ3) is 7.81. The molecule has 0 fully saturated rings. The zero-order chi connectivity index (χ0) is 28.9. The lowest BCUT2D eigenvalue weighted by atomic mass is 10.0. The van der Waals surface area contributed by atoms with Crippen LogP contribution in [0.5, 0.6) is 0 Å². The van der Waals surface area contributed by atoms with Crippen molar-refractivity contribution in [1.29, 1.82) is 0 Å². The first-order chi connectivity index (χ1) is 18.9. The molecule has 0 radical (unpaired) electrons. The highest BCUT2D eigenvalue weighted by Gasteiger charge is 2.35. The molecule has 0 aliphatic heterocycles. The Morgan fingerprint density at radius 1 is 0.450 bits per heavy atom. The largest absolute Gasteiger partial charge is 0.418 e. The predicted octanol–water partition coefficient (Wildman–Crippen LogP) is 10.3. The Morgan fingerprint density at radius 2 is 0.750 bits per heavy atom. The fourth-order valence-corrected chi connectivity index (χ4v) is 4.30. The van der Waals surface area contributed by atoms with E-state index in [4.69, 9.17) is 0 Å². The highest BCUT2D eigenvalue weighted by molar-refractivity contribution is 5.53. The van der Waals surface area contributed by atoms with Crippen LogP contribution in [0.3, 0.4) is 0 Å². The molecule has 0 saturated carbocycles. The van der Waals surface area contributed by atoms with Gasteiger partial charge in [0.1, 0.15) is 0 Å². The number of benzene rings is 4. The van der Waals surface area contributed by atoms with Gasteiger partial charge in [-0.2, -0.15) is 26.3 Å². The van der Waals surface area contributed by atoms with E-state index in [0.717, 1.165) is 46.5 Å². The van der Waals surface area contributed by atoms with E-state index in [2.05, 4.69) is 10.2 Å². The lowest BCUT2D eigenvalue weighted by molar-refractivity contribution is -0.138. The molecule has 208 valence electrons. The van der Waals surface area contributed by atoms with Crippen LogP contribution in [0.25, 0.3) is 0 Å². The van der Waals surface area contributed by atoms with Gasteiger partial charge >= 0.3 is 12.4 Å². The summed E-state index contributed by atoms with van der Waals surface area (Å²) in [4.78, 5) is 0. The SMILES string of the molecule is Cc1ccc(CCc2ccc(/N=N\c3ccc(CCc4ccc(C)cc4)cc3C(F)(F)F)c(C(F)(F)F)c2)cc1. The standard InChI is InChI=1S/C32H28F6N2/c1-21-3-7-23(8-4-21)11-13-25-15-17-29(27(19-25)31(33,34)35)39-40-30-18-16-26(20-28(30)32(36,37)38)14-12-24-9-5-22(2)6-10-24/h3-10,15-20H,11-14H2,1-2H3/b40-39-. The van der Waals surface area contributed by atoms with Crippen LogP contribution < -0.4 is 0 Å². The second-order valence-electron chi connectivity index (χ2n) is 9.87. The van der Waals surface area contributed by atoms with E-state index in [1.807, 2.05) is 62.4 Å². The average Bonchev–Trinajstić information content (AvgIpc) is 2.90. The lowest BCUT2D eigenvalue weighted by Crippen LogP contribution is -2.07. The van der Waals surface area contributed by atoms with E-state index in [1.54, 1.807) is 0 Å². The summed E-state index contributed by atoms with van der Waals surface area (Å²) >= 11 is 0. The molecule has 0 amide bonds. The third-order valence-corrected chi connectivity index (χ3v) is 6.64. The minimum Gasteiger partial charge on any atom is -0.166 e. The highest BCUT2D eigenvalue weighted by Crippen LogP contribution is 2.40. The van der Waals surface area contributed by atoms with Crippen LogP contribution >= 0.6 is 0 Å². The van der Waals surface area contributed by atoms with Crippen LogP contribution in [0.4, 0.5) is 37.7 Å². The number of azo groups is 1. The van der Waals surface area contributed by atoms with Gasteiger partial charge < -0.3 is 0 Å². The smallest absolute Gasteiger partial charge is 0.166 e. The molecule has 0 aromatic heterocycles. The van der Waals surface area contributed by atoms with Crippen molar-refractivity contribution in [2.45, 2.75) is 51.9 Å². The summed E-state index contributed by atoms with van der Waals surface area (Å²) in [5, 5.41) is 7.25. The Labute approximate surface area is 229 Å². The maximum atomic E-state index is 13.8. The molecule has 0 unspecified atom stereocenters. The molecule has 0 spiro atoms. The van der Waals surface area contributed by atoms with Crippen molar-refractivity contribution in [1.82, 2.24) is 0 Å². The van der Waals surface area contributed by atoms with E-state index in [9.17, 15) is 26.3 Å². The molecular weight excluding hydrogens is 526 g/mol. The van der Waals surface area contributed by atoms with Crippen LogP contribution in [0.15, 0.2) is 95.2 Å². The zero-order valence-corrected chi connectivity index (χ0v) is 22.1. The van der Waals surface area contributed by atoms with Crippen LogP contribution in [0.2, 0.25) is 0 Å². The number of hydrogen-bond donors (Lipinski definition) is 0. The summed E-state index contributed by atoms with van der Waals surface area (Å²) in [5.74, 6) is 0. The van der Waals surface area contributed by atoms with Gasteiger partial charge in [-0.3, -0.25) is 0 Å². The van der Waals surface area contributed by atoms with Crippen LogP contribution in [0, 0.1) is 13.8 Å². The molecule has 0 aliphatic rings. The first-order valence-corrected chi connectivity index (χ1v) is 12.8. The van der Waals surface area contributed by atoms with Gasteiger partial charge in [-0.25, -0.2) is 0 Å². The second-order valence-corrected chi connectivity index (χ2v) is 9.87. The van der Waals surface area contributed by atoms with Gasteiger partial charge in [-0.05, 0) is 86.1 Å². The molecular formula is C32H28F6N2. The van der Waals surface area contributed by atoms with Crippen molar-refractivity contribution in [3.05, 3.63) is 129 Å². The number of nitrogens with zero attached hydrogens (tertiary/aromatic N) is 2. The maximum Gasteiger partial charge on any atom is 0.418 e. The van der Waals surface area contributed by atoms with Gasteiger partial charge in [0.05, 0.1) is 22.5 Å². The quantitative estimate of drug-likeness (QED) is 0.153. The summed E-state index contributed by atoms with van der Waals surface area (Å²) in [6.07, 6.45) is -7.67. The predicted molar refractivity (Wildman–Crippen MR) is 144 cm³/mol. The average molecular weight is 555 g/mol. The van der Waals surface area contributed by atoms with E-state index in [-0.39, 0.29) is 0 Å². The van der Waals surface area contributed by atoms with Crippen molar-refractivity contribution < 1.29 is 26.3 Å². The Hall–Kier alpha value is -3.94. The minimum atomic E-state index is -4.75. The van der Waals surface area contributed by atoms with Gasteiger partial charge in [0.2, 0.25) is 0 Å². The molecule has 4 rings (SSSR count). The molecule has 0 aliphatic carbocycles. The van der Waals surface area contributed by atoms with E-state index in [1.165, 1.54) is 12.1 Å². The Kier molecular flexibility index (Phi) is 8.76. The first kappa shape index (κ1) is 29.1. The molecule has 4 aromatic rings. The molecule has 0 heterocycles. The van der Waals surface area contributed by atoms with Gasteiger partial charge in [-0.15, -0.1) is 10.2 Å². The summed E-state index contributed by atoms with van der Waals surface area (Å²) in [5.41, 5.74) is 1.89. The number of hydrogen-bond acceptors (Lipinski definition) is 2. The summed E-state index contributed by atoms with van der Waals surface area (Å²) < 4.78 is 83.1. The number of alkyl halides is 6. The number of rotatable bonds is 8. The van der Waals surface area contributed by atoms with Crippen LogP contribution in [0.1, 0.15) is 44.5 Å². The summed E-state index contributed by atoms with van der Waals surface area (Å²) in [6.45, 7) is 3.90. The molecule has 0 atom stereocenters. The maximum absolute atomic E-state index is 13.8. The Bertz CT molecular complexity index is 1350. The molecule has 4 aromatic carbocycles. The topological polar surface area (TPSA) is 24.7 Å². The number of halogens is 6. The van der Waals surface area contributed by atoms with E-state index >= 15 is 0 Å². The van der Waals surface area contributed by atoms with Crippen LogP contribution in [-0.2, 0) is 38.0 Å². The van der Waals surface area contributed by atoms with Gasteiger partial charge in [0, 0.05) is 0 Å². The van der Waals surface area contributed by atoms with Crippen molar-refractivity contribution in [3.63, 3.8) is 0 Å². The molecule has 0 N–H and O–H groups in total. The fraction of sp³-hybridized carbons (Fsp3) is 0.250. The number of aryl methyl sites for hydroxylation is 6. The van der Waals surface area contributed by atoms with Crippen LogP contribution in [-0.4, -0.2) is 0 Å². The van der Waals surface area contributed by atoms with Gasteiger partial charge in [0.25, 0.3) is 0 Å². The van der Waals surface area contributed by atoms with Crippen molar-refractivity contribution >= 4 is 11.4 Å². The minimum absolute atomic E-state index is 0.367. The molecule has 40 heavy (non-hydrogen) atoms. The van der Waals surface area contributed by atoms with E-state index in [0.29, 0.717) is 36.8 Å². The molecule has 0 saturated heterocycles. The highest BCUT2D eigenvalue weighted by atomic mass is 19.4. The molecule has 8 heteroatoms. The Morgan fingerprint density at radius 3 is 1.07 bits per heavy atom. The normalized spacial score (nSPS) is 12.3. The summed E-state index contributed by atoms with van der Waals surface area (Å²) in [6, 6.07) is 22.7. The zero-order valence-electron chi connectivity index (χ0n) is 22.1. The first-order valence-electron chi connectivity index (χ1n) is 12.8. The van der Waals surface area contributed by atoms with Gasteiger partial charge in [-0.1, -0.05) is 71.8 Å². The molecule has 0 bridgehead atoms.